The standard InChI is InChI=1S/C14H13F2N3O2/c1-6(2)10-9-11-7(5-17-14(18-11)20-3)4-8(13(15)16)12(9)21-19-10/h4-6,13H,1-3H3. The maximum Gasteiger partial charge on any atom is 0.316 e. The highest BCUT2D eigenvalue weighted by Crippen LogP contribution is 2.37. The van der Waals surface area contributed by atoms with Crippen LogP contribution in [0.5, 0.6) is 6.01 Å². The van der Waals surface area contributed by atoms with Gasteiger partial charge in [-0.05, 0) is 12.0 Å². The van der Waals surface area contributed by atoms with Crippen molar-refractivity contribution in [3.63, 3.8) is 0 Å². The Balaban J connectivity index is 2.48. The van der Waals surface area contributed by atoms with E-state index in [1.165, 1.54) is 19.4 Å². The van der Waals surface area contributed by atoms with Crippen molar-refractivity contribution in [2.24, 2.45) is 0 Å². The van der Waals surface area contributed by atoms with E-state index in [0.29, 0.717) is 22.0 Å². The summed E-state index contributed by atoms with van der Waals surface area (Å²) in [5.41, 5.74) is 0.970. The molecule has 0 radical (unpaired) electrons. The van der Waals surface area contributed by atoms with Gasteiger partial charge in [0.05, 0.1) is 29.3 Å². The summed E-state index contributed by atoms with van der Waals surface area (Å²) in [7, 11) is 1.45. The van der Waals surface area contributed by atoms with Crippen LogP contribution < -0.4 is 4.74 Å². The molecule has 0 aliphatic carbocycles. The highest BCUT2D eigenvalue weighted by molar-refractivity contribution is 6.06. The Kier molecular flexibility index (Phi) is 3.19. The van der Waals surface area contributed by atoms with Gasteiger partial charge in [-0.15, -0.1) is 0 Å². The largest absolute Gasteiger partial charge is 0.467 e. The van der Waals surface area contributed by atoms with Gasteiger partial charge in [0.25, 0.3) is 6.43 Å². The summed E-state index contributed by atoms with van der Waals surface area (Å²) in [5, 5.41) is 4.94. The van der Waals surface area contributed by atoms with Crippen molar-refractivity contribution >= 4 is 21.9 Å². The Morgan fingerprint density at radius 3 is 2.67 bits per heavy atom. The van der Waals surface area contributed by atoms with Gasteiger partial charge in [0.15, 0.2) is 5.58 Å². The fourth-order valence-corrected chi connectivity index (χ4v) is 2.30. The van der Waals surface area contributed by atoms with Gasteiger partial charge in [0.1, 0.15) is 0 Å². The Hall–Kier alpha value is -2.31. The number of halogens is 2. The fraction of sp³-hybridized carbons (Fsp3) is 0.357. The molecule has 1 aromatic carbocycles. The lowest BCUT2D eigenvalue weighted by Crippen LogP contribution is -1.96. The molecule has 5 nitrogen and oxygen atoms in total. The monoisotopic (exact) mass is 293 g/mol. The van der Waals surface area contributed by atoms with Gasteiger partial charge < -0.3 is 9.26 Å². The minimum absolute atomic E-state index is 0.0170. The molecule has 3 aromatic rings. The molecule has 0 spiro atoms. The van der Waals surface area contributed by atoms with Crippen LogP contribution in [0.1, 0.15) is 37.4 Å². The summed E-state index contributed by atoms with van der Waals surface area (Å²) < 4.78 is 36.6. The van der Waals surface area contributed by atoms with E-state index in [1.807, 2.05) is 13.8 Å². The zero-order valence-corrected chi connectivity index (χ0v) is 11.7. The van der Waals surface area contributed by atoms with Gasteiger partial charge in [-0.2, -0.15) is 4.98 Å². The Labute approximate surface area is 118 Å². The molecule has 2 heterocycles. The molecule has 0 fully saturated rings. The molecule has 0 bridgehead atoms. The molecule has 110 valence electrons. The fourth-order valence-electron chi connectivity index (χ4n) is 2.30. The van der Waals surface area contributed by atoms with Crippen molar-refractivity contribution in [2.45, 2.75) is 26.2 Å². The van der Waals surface area contributed by atoms with Crippen molar-refractivity contribution < 1.29 is 18.0 Å². The van der Waals surface area contributed by atoms with E-state index in [1.54, 1.807) is 0 Å². The second kappa shape index (κ2) is 4.91. The number of fused-ring (bicyclic) bond motifs is 3. The predicted octanol–water partition coefficient (Wildman–Crippen LogP) is 3.84. The van der Waals surface area contributed by atoms with Crippen LogP contribution in [0, 0.1) is 0 Å². The van der Waals surface area contributed by atoms with E-state index >= 15 is 0 Å². The first kappa shape index (κ1) is 13.7. The minimum Gasteiger partial charge on any atom is -0.467 e. The van der Waals surface area contributed by atoms with E-state index < -0.39 is 6.43 Å². The molecule has 0 aliphatic rings. The number of ether oxygens (including phenoxy) is 1. The maximum absolute atomic E-state index is 13.2. The molecule has 2 aromatic heterocycles. The van der Waals surface area contributed by atoms with Crippen LogP contribution in [0.2, 0.25) is 0 Å². The van der Waals surface area contributed by atoms with Gasteiger partial charge in [-0.3, -0.25) is 0 Å². The third kappa shape index (κ3) is 2.09. The van der Waals surface area contributed by atoms with Crippen molar-refractivity contribution in [1.82, 2.24) is 15.1 Å². The number of alkyl halides is 2. The first-order valence-electron chi connectivity index (χ1n) is 6.44. The molecular formula is C14H13F2N3O2. The number of hydrogen-bond donors (Lipinski definition) is 0. The van der Waals surface area contributed by atoms with E-state index in [4.69, 9.17) is 9.26 Å². The summed E-state index contributed by atoms with van der Waals surface area (Å²) in [6.45, 7) is 3.83. The van der Waals surface area contributed by atoms with Crippen molar-refractivity contribution in [2.75, 3.05) is 7.11 Å². The SMILES string of the molecule is COc1ncc2cc(C(F)F)c3onc(C(C)C)c3c2n1. The summed E-state index contributed by atoms with van der Waals surface area (Å²) in [5.74, 6) is 0.0170. The predicted molar refractivity (Wildman–Crippen MR) is 72.7 cm³/mol. The number of methoxy groups -OCH3 is 1. The molecule has 0 unspecified atom stereocenters. The summed E-state index contributed by atoms with van der Waals surface area (Å²) in [4.78, 5) is 8.22. The lowest BCUT2D eigenvalue weighted by molar-refractivity contribution is 0.151. The van der Waals surface area contributed by atoms with Crippen LogP contribution in [0.25, 0.3) is 21.9 Å². The first-order valence-corrected chi connectivity index (χ1v) is 6.44. The lowest BCUT2D eigenvalue weighted by atomic mass is 10.0. The molecule has 21 heavy (non-hydrogen) atoms. The molecular weight excluding hydrogens is 280 g/mol. The summed E-state index contributed by atoms with van der Waals surface area (Å²) >= 11 is 0. The summed E-state index contributed by atoms with van der Waals surface area (Å²) in [6, 6.07) is 1.50. The molecule has 0 aliphatic heterocycles. The Bertz CT molecular complexity index is 815. The lowest BCUT2D eigenvalue weighted by Gasteiger charge is -2.07. The Morgan fingerprint density at radius 1 is 1.29 bits per heavy atom. The maximum atomic E-state index is 13.2. The average Bonchev–Trinajstić information content (AvgIpc) is 2.90. The van der Waals surface area contributed by atoms with Crippen molar-refractivity contribution in [3.8, 4) is 6.01 Å². The highest BCUT2D eigenvalue weighted by atomic mass is 19.3. The quantitative estimate of drug-likeness (QED) is 0.734. The van der Waals surface area contributed by atoms with Crippen molar-refractivity contribution in [1.29, 1.82) is 0 Å². The smallest absolute Gasteiger partial charge is 0.316 e. The van der Waals surface area contributed by atoms with Gasteiger partial charge in [-0.1, -0.05) is 19.0 Å². The van der Waals surface area contributed by atoms with Crippen LogP contribution in [0.15, 0.2) is 16.8 Å². The topological polar surface area (TPSA) is 61.0 Å². The Morgan fingerprint density at radius 2 is 2.05 bits per heavy atom. The molecule has 0 amide bonds. The van der Waals surface area contributed by atoms with Crippen LogP contribution in [-0.2, 0) is 0 Å². The van der Waals surface area contributed by atoms with E-state index in [9.17, 15) is 8.78 Å². The molecule has 3 rings (SSSR count). The zero-order chi connectivity index (χ0) is 15.1. The van der Waals surface area contributed by atoms with E-state index in [2.05, 4.69) is 15.1 Å². The molecule has 0 saturated carbocycles. The van der Waals surface area contributed by atoms with Crippen LogP contribution >= 0.6 is 0 Å². The average molecular weight is 293 g/mol. The van der Waals surface area contributed by atoms with Gasteiger partial charge >= 0.3 is 6.01 Å². The summed E-state index contributed by atoms with van der Waals surface area (Å²) in [6.07, 6.45) is -1.20. The van der Waals surface area contributed by atoms with Gasteiger partial charge in [-0.25, -0.2) is 13.8 Å². The van der Waals surface area contributed by atoms with Crippen molar-refractivity contribution in [3.05, 3.63) is 23.5 Å². The normalized spacial score (nSPS) is 12.0. The number of hydrogen-bond acceptors (Lipinski definition) is 5. The van der Waals surface area contributed by atoms with Crippen LogP contribution in [0.4, 0.5) is 8.78 Å². The van der Waals surface area contributed by atoms with Gasteiger partial charge in [0.2, 0.25) is 0 Å². The van der Waals surface area contributed by atoms with E-state index in [-0.39, 0.29) is 23.1 Å². The molecule has 0 saturated heterocycles. The van der Waals surface area contributed by atoms with Gasteiger partial charge in [0, 0.05) is 11.6 Å². The van der Waals surface area contributed by atoms with Crippen LogP contribution in [-0.4, -0.2) is 22.2 Å². The number of nitrogens with zero attached hydrogens (tertiary/aromatic N) is 3. The highest BCUT2D eigenvalue weighted by Gasteiger charge is 2.23. The second-order valence-electron chi connectivity index (χ2n) is 4.99. The number of benzene rings is 1. The number of rotatable bonds is 3. The third-order valence-corrected chi connectivity index (χ3v) is 3.29. The third-order valence-electron chi connectivity index (χ3n) is 3.29. The number of aromatic nitrogens is 3. The van der Waals surface area contributed by atoms with E-state index in [0.717, 1.165) is 0 Å². The zero-order valence-electron chi connectivity index (χ0n) is 11.7. The minimum atomic E-state index is -2.66. The second-order valence-corrected chi connectivity index (χ2v) is 4.99. The molecule has 0 atom stereocenters. The molecule has 0 N–H and O–H groups in total. The molecule has 7 heteroatoms. The van der Waals surface area contributed by atoms with Crippen LogP contribution in [0.3, 0.4) is 0 Å². The first-order chi connectivity index (χ1) is 10.0.